The van der Waals surface area contributed by atoms with Crippen LogP contribution in [0.1, 0.15) is 50.8 Å². The maximum absolute atomic E-state index is 13.6. The van der Waals surface area contributed by atoms with Gasteiger partial charge in [0.25, 0.3) is 5.69 Å². The summed E-state index contributed by atoms with van der Waals surface area (Å²) >= 11 is 0. The van der Waals surface area contributed by atoms with E-state index in [1.807, 2.05) is 73.9 Å². The van der Waals surface area contributed by atoms with Crippen LogP contribution in [0.15, 0.2) is 108 Å². The zero-order chi connectivity index (χ0) is 36.9. The maximum Gasteiger partial charge on any atom is 0.312 e. The van der Waals surface area contributed by atoms with Gasteiger partial charge in [0, 0.05) is 48.0 Å². The van der Waals surface area contributed by atoms with Crippen LogP contribution in [-0.4, -0.2) is 42.1 Å². The third-order valence-electron chi connectivity index (χ3n) is 11.8. The van der Waals surface area contributed by atoms with Crippen LogP contribution in [0.5, 0.6) is 17.2 Å². The molecular weight excluding hydrogens is 668 g/mol. The van der Waals surface area contributed by atoms with Gasteiger partial charge in [0.2, 0.25) is 11.4 Å². The molecule has 0 radical (unpaired) electrons. The minimum absolute atomic E-state index is 0.00434. The fourth-order valence-electron chi connectivity index (χ4n) is 8.79. The molecule has 266 valence electrons. The van der Waals surface area contributed by atoms with Crippen LogP contribution in [0.3, 0.4) is 0 Å². The summed E-state index contributed by atoms with van der Waals surface area (Å²) in [6.07, 6.45) is 5.80. The van der Waals surface area contributed by atoms with Crippen molar-refractivity contribution >= 4 is 51.8 Å². The molecule has 0 amide bonds. The lowest BCUT2D eigenvalue weighted by molar-refractivity contribution is -0.384. The first-order chi connectivity index (χ1) is 25.4. The van der Waals surface area contributed by atoms with Crippen LogP contribution in [-0.2, 0) is 15.6 Å². The highest BCUT2D eigenvalue weighted by Crippen LogP contribution is 2.56. The van der Waals surface area contributed by atoms with Gasteiger partial charge in [-0.2, -0.15) is 0 Å². The summed E-state index contributed by atoms with van der Waals surface area (Å²) in [4.78, 5) is 33.9. The summed E-state index contributed by atoms with van der Waals surface area (Å²) in [5.74, 6) is 1.22. The van der Waals surface area contributed by atoms with Gasteiger partial charge in [-0.05, 0) is 92.8 Å². The number of aliphatic imine (C=N–C) groups is 1. The fourth-order valence-corrected chi connectivity index (χ4v) is 8.79. The summed E-state index contributed by atoms with van der Waals surface area (Å²) in [5.41, 5.74) is 2.94. The number of carbonyl (C=O) groups is 1. The lowest BCUT2D eigenvalue weighted by Crippen LogP contribution is -2.61. The first-order valence-electron chi connectivity index (χ1n) is 17.8. The van der Waals surface area contributed by atoms with Gasteiger partial charge in [0.05, 0.1) is 28.4 Å². The monoisotopic (exact) mass is 706 g/mol. The molecule has 0 bridgehead atoms. The molecule has 2 unspecified atom stereocenters. The SMILES string of the molecule is CN1c2ccccc2C(C)(C)C12C=Nc1c(ccc3ccc(OC(=O)CCN4c5ccccc5C(C)(C)C45C=Cc4cc([N+](=O)[O-])ccc4O5)cc13)O2. The average molecular weight is 707 g/mol. The number of nitrogens with zero attached hydrogens (tertiary/aromatic N) is 4. The zero-order valence-corrected chi connectivity index (χ0v) is 30.1. The number of benzene rings is 5. The number of ether oxygens (including phenoxy) is 3. The van der Waals surface area contributed by atoms with Crippen molar-refractivity contribution in [2.75, 3.05) is 23.4 Å². The van der Waals surface area contributed by atoms with Crippen LogP contribution in [0.4, 0.5) is 22.7 Å². The van der Waals surface area contributed by atoms with Crippen LogP contribution >= 0.6 is 0 Å². The Morgan fingerprint density at radius 3 is 2.25 bits per heavy atom. The van der Waals surface area contributed by atoms with E-state index in [1.165, 1.54) is 17.7 Å². The van der Waals surface area contributed by atoms with Gasteiger partial charge in [-0.15, -0.1) is 0 Å². The molecule has 0 aliphatic carbocycles. The predicted octanol–water partition coefficient (Wildman–Crippen LogP) is 8.86. The van der Waals surface area contributed by atoms with E-state index in [0.29, 0.717) is 35.0 Å². The Kier molecular flexibility index (Phi) is 6.90. The molecular formula is C43H38N4O6. The molecule has 4 aliphatic rings. The molecule has 5 aromatic rings. The first kappa shape index (κ1) is 32.7. The lowest BCUT2D eigenvalue weighted by Gasteiger charge is -2.47. The molecule has 0 aromatic heterocycles. The number of nitro groups is 1. The van der Waals surface area contributed by atoms with Crippen LogP contribution < -0.4 is 24.0 Å². The minimum atomic E-state index is -0.985. The van der Waals surface area contributed by atoms with Crippen molar-refractivity contribution in [1.82, 2.24) is 0 Å². The first-order valence-corrected chi connectivity index (χ1v) is 17.8. The van der Waals surface area contributed by atoms with Crippen LogP contribution in [0.2, 0.25) is 0 Å². The largest absolute Gasteiger partial charge is 0.463 e. The topological polar surface area (TPSA) is 107 Å². The number of rotatable bonds is 5. The summed E-state index contributed by atoms with van der Waals surface area (Å²) in [7, 11) is 2.04. The van der Waals surface area contributed by atoms with Crippen molar-refractivity contribution in [3.63, 3.8) is 0 Å². The van der Waals surface area contributed by atoms with E-state index in [0.717, 1.165) is 27.7 Å². The number of para-hydroxylation sites is 2. The Morgan fingerprint density at radius 1 is 0.830 bits per heavy atom. The summed E-state index contributed by atoms with van der Waals surface area (Å²) < 4.78 is 19.6. The second-order valence-corrected chi connectivity index (χ2v) is 15.2. The van der Waals surface area contributed by atoms with E-state index in [4.69, 9.17) is 19.2 Å². The minimum Gasteiger partial charge on any atom is -0.463 e. The molecule has 10 heteroatoms. The average Bonchev–Trinajstić information content (AvgIpc) is 3.43. The number of hydrogen-bond acceptors (Lipinski definition) is 9. The molecule has 2 atom stereocenters. The molecule has 0 fully saturated rings. The number of non-ortho nitro benzene ring substituents is 1. The van der Waals surface area contributed by atoms with E-state index >= 15 is 0 Å². The van der Waals surface area contributed by atoms with Crippen molar-refractivity contribution in [2.45, 2.75) is 56.4 Å². The van der Waals surface area contributed by atoms with Crippen LogP contribution in [0, 0.1) is 10.1 Å². The van der Waals surface area contributed by atoms with Crippen molar-refractivity contribution in [3.05, 3.63) is 130 Å². The van der Waals surface area contributed by atoms with E-state index < -0.39 is 27.8 Å². The van der Waals surface area contributed by atoms with E-state index in [1.54, 1.807) is 12.1 Å². The summed E-state index contributed by atoms with van der Waals surface area (Å²) in [5, 5.41) is 13.2. The number of anilines is 2. The van der Waals surface area contributed by atoms with Crippen molar-refractivity contribution in [3.8, 4) is 17.2 Å². The standard InChI is InChI=1S/C43H38N4O6/c1-40(2)33-11-7-9-13-35(33)46(42(40)22-20-28-24-29(47(49)50)16-19-36(28)52-42)23-21-38(48)51-30-17-14-27-15-18-37-39(31(27)25-30)44-26-43(53-37)41(3,4)32-10-6-8-12-34(32)45(43)5/h6-20,22,24-26H,21,23H2,1-5H3. The summed E-state index contributed by atoms with van der Waals surface area (Å²) in [6.45, 7) is 8.88. The molecule has 2 spiro atoms. The number of hydrogen-bond donors (Lipinski definition) is 0. The normalized spacial score (nSPS) is 22.2. The zero-order valence-electron chi connectivity index (χ0n) is 30.1. The molecule has 0 saturated heterocycles. The Bertz CT molecular complexity index is 2450. The second kappa shape index (κ2) is 11.2. The van der Waals surface area contributed by atoms with Crippen molar-refractivity contribution < 1.29 is 23.9 Å². The number of esters is 1. The van der Waals surface area contributed by atoms with E-state index in [9.17, 15) is 14.9 Å². The lowest BCUT2D eigenvalue weighted by atomic mass is 9.76. The smallest absolute Gasteiger partial charge is 0.312 e. The Labute approximate surface area is 307 Å². The van der Waals surface area contributed by atoms with Crippen molar-refractivity contribution in [2.24, 2.45) is 4.99 Å². The Balaban J connectivity index is 0.978. The third kappa shape index (κ3) is 4.51. The van der Waals surface area contributed by atoms with Gasteiger partial charge in [-0.25, -0.2) is 0 Å². The van der Waals surface area contributed by atoms with Crippen LogP contribution in [0.25, 0.3) is 16.8 Å². The second-order valence-electron chi connectivity index (χ2n) is 15.2. The molecule has 10 nitrogen and oxygen atoms in total. The van der Waals surface area contributed by atoms with Gasteiger partial charge in [-0.1, -0.05) is 48.5 Å². The number of nitro benzene ring substituents is 1. The third-order valence-corrected chi connectivity index (χ3v) is 11.8. The summed E-state index contributed by atoms with van der Waals surface area (Å²) in [6, 6.07) is 30.6. The van der Waals surface area contributed by atoms with Gasteiger partial charge >= 0.3 is 5.97 Å². The van der Waals surface area contributed by atoms with Gasteiger partial charge in [0.1, 0.15) is 22.9 Å². The van der Waals surface area contributed by atoms with E-state index in [-0.39, 0.29) is 17.5 Å². The molecule has 0 saturated carbocycles. The molecule has 5 aromatic carbocycles. The van der Waals surface area contributed by atoms with Gasteiger partial charge in [-0.3, -0.25) is 19.9 Å². The van der Waals surface area contributed by atoms with Gasteiger partial charge in [0.15, 0.2) is 0 Å². The highest BCUT2D eigenvalue weighted by molar-refractivity contribution is 6.00. The van der Waals surface area contributed by atoms with Gasteiger partial charge < -0.3 is 24.0 Å². The van der Waals surface area contributed by atoms with Crippen molar-refractivity contribution in [1.29, 1.82) is 0 Å². The van der Waals surface area contributed by atoms with E-state index in [2.05, 4.69) is 61.8 Å². The number of carbonyl (C=O) groups excluding carboxylic acids is 1. The molecule has 4 aliphatic heterocycles. The fraction of sp³-hybridized carbons (Fsp3) is 0.256. The number of fused-ring (bicyclic) bond motifs is 6. The molecule has 53 heavy (non-hydrogen) atoms. The molecule has 4 heterocycles. The molecule has 0 N–H and O–H groups in total. The highest BCUT2D eigenvalue weighted by atomic mass is 16.6. The highest BCUT2D eigenvalue weighted by Gasteiger charge is 2.60. The Hall–Kier alpha value is -6.16. The molecule has 9 rings (SSSR count). The Morgan fingerprint density at radius 2 is 1.49 bits per heavy atom. The maximum atomic E-state index is 13.6. The predicted molar refractivity (Wildman–Crippen MR) is 206 cm³/mol. The number of likely N-dealkylation sites (N-methyl/N-ethyl adjacent to an activating group) is 1. The quantitative estimate of drug-likeness (QED) is 0.0773.